The molecule has 0 aliphatic rings. The van der Waals surface area contributed by atoms with Crippen LogP contribution in [0.4, 0.5) is 0 Å². The first-order valence-electron chi connectivity index (χ1n) is 5.24. The standard InChI is InChI=1S/C14H20O/c1-11(2)14(3,4)10-12-6-8-13(15-5)9-7-12/h6-9H,1,10H2,2-5H3. The van der Waals surface area contributed by atoms with Gasteiger partial charge in [-0.05, 0) is 36.5 Å². The average molecular weight is 204 g/mol. The fourth-order valence-corrected chi connectivity index (χ4v) is 1.40. The van der Waals surface area contributed by atoms with Crippen molar-refractivity contribution in [3.63, 3.8) is 0 Å². The minimum atomic E-state index is 0.161. The summed E-state index contributed by atoms with van der Waals surface area (Å²) in [5, 5.41) is 0. The Morgan fingerprint density at radius 1 is 1.27 bits per heavy atom. The summed E-state index contributed by atoms with van der Waals surface area (Å²) in [5.74, 6) is 0.909. The van der Waals surface area contributed by atoms with Gasteiger partial charge in [-0.15, -0.1) is 0 Å². The third-order valence-electron chi connectivity index (χ3n) is 2.96. The molecule has 0 fully saturated rings. The molecule has 1 rings (SSSR count). The Hall–Kier alpha value is -1.24. The first-order chi connectivity index (χ1) is 6.95. The molecule has 0 aromatic heterocycles. The van der Waals surface area contributed by atoms with E-state index < -0.39 is 0 Å². The monoisotopic (exact) mass is 204 g/mol. The van der Waals surface area contributed by atoms with Gasteiger partial charge in [0.2, 0.25) is 0 Å². The van der Waals surface area contributed by atoms with Gasteiger partial charge in [0.15, 0.2) is 0 Å². The molecule has 1 aromatic rings. The number of hydrogen-bond acceptors (Lipinski definition) is 1. The molecule has 0 saturated heterocycles. The zero-order chi connectivity index (χ0) is 11.5. The summed E-state index contributed by atoms with van der Waals surface area (Å²) in [5.41, 5.74) is 2.70. The summed E-state index contributed by atoms with van der Waals surface area (Å²) < 4.78 is 5.13. The maximum atomic E-state index is 5.13. The molecule has 0 spiro atoms. The summed E-state index contributed by atoms with van der Waals surface area (Å²) in [6, 6.07) is 8.24. The average Bonchev–Trinajstić information content (AvgIpc) is 2.18. The highest BCUT2D eigenvalue weighted by molar-refractivity contribution is 5.28. The highest BCUT2D eigenvalue weighted by Gasteiger charge is 2.18. The van der Waals surface area contributed by atoms with Crippen LogP contribution in [0.3, 0.4) is 0 Å². The van der Waals surface area contributed by atoms with Gasteiger partial charge in [-0.1, -0.05) is 38.1 Å². The van der Waals surface area contributed by atoms with E-state index in [-0.39, 0.29) is 5.41 Å². The van der Waals surface area contributed by atoms with Crippen LogP contribution in [-0.4, -0.2) is 7.11 Å². The summed E-state index contributed by atoms with van der Waals surface area (Å²) >= 11 is 0. The Kier molecular flexibility index (Phi) is 3.57. The topological polar surface area (TPSA) is 9.23 Å². The summed E-state index contributed by atoms with van der Waals surface area (Å²) in [4.78, 5) is 0. The molecule has 0 aliphatic heterocycles. The molecule has 1 heteroatoms. The van der Waals surface area contributed by atoms with Crippen molar-refractivity contribution >= 4 is 0 Å². The van der Waals surface area contributed by atoms with E-state index in [0.717, 1.165) is 12.2 Å². The van der Waals surface area contributed by atoms with Crippen LogP contribution >= 0.6 is 0 Å². The molecular weight excluding hydrogens is 184 g/mol. The third-order valence-corrected chi connectivity index (χ3v) is 2.96. The second kappa shape index (κ2) is 4.52. The maximum absolute atomic E-state index is 5.13. The molecule has 1 nitrogen and oxygen atoms in total. The van der Waals surface area contributed by atoms with E-state index in [0.29, 0.717) is 0 Å². The second-order valence-corrected chi connectivity index (χ2v) is 4.69. The van der Waals surface area contributed by atoms with Crippen LogP contribution in [0.1, 0.15) is 26.3 Å². The molecule has 15 heavy (non-hydrogen) atoms. The van der Waals surface area contributed by atoms with Gasteiger partial charge in [-0.25, -0.2) is 0 Å². The number of ether oxygens (including phenoxy) is 1. The lowest BCUT2D eigenvalue weighted by molar-refractivity contribution is 0.413. The molecule has 0 amide bonds. The summed E-state index contributed by atoms with van der Waals surface area (Å²) in [6.07, 6.45) is 1.02. The number of benzene rings is 1. The van der Waals surface area contributed by atoms with Crippen LogP contribution in [0.5, 0.6) is 5.75 Å². The fraction of sp³-hybridized carbons (Fsp3) is 0.429. The number of allylic oxidation sites excluding steroid dienone is 1. The predicted molar refractivity (Wildman–Crippen MR) is 65.3 cm³/mol. The zero-order valence-corrected chi connectivity index (χ0v) is 10.1. The maximum Gasteiger partial charge on any atom is 0.118 e. The number of rotatable bonds is 4. The first-order valence-corrected chi connectivity index (χ1v) is 5.24. The van der Waals surface area contributed by atoms with E-state index in [4.69, 9.17) is 4.74 Å². The van der Waals surface area contributed by atoms with Gasteiger partial charge in [0, 0.05) is 0 Å². The molecule has 0 heterocycles. The van der Waals surface area contributed by atoms with Crippen molar-refractivity contribution in [3.05, 3.63) is 42.0 Å². The van der Waals surface area contributed by atoms with Crippen LogP contribution in [0, 0.1) is 5.41 Å². The smallest absolute Gasteiger partial charge is 0.118 e. The molecule has 0 atom stereocenters. The Balaban J connectivity index is 2.77. The van der Waals surface area contributed by atoms with Crippen molar-refractivity contribution < 1.29 is 4.74 Å². The predicted octanol–water partition coefficient (Wildman–Crippen LogP) is 3.84. The van der Waals surface area contributed by atoms with E-state index in [2.05, 4.69) is 39.5 Å². The van der Waals surface area contributed by atoms with Crippen molar-refractivity contribution in [2.45, 2.75) is 27.2 Å². The van der Waals surface area contributed by atoms with E-state index in [1.54, 1.807) is 7.11 Å². The van der Waals surface area contributed by atoms with Crippen LogP contribution in [-0.2, 0) is 6.42 Å². The molecule has 0 unspecified atom stereocenters. The molecule has 82 valence electrons. The van der Waals surface area contributed by atoms with Crippen LogP contribution in [0.25, 0.3) is 0 Å². The van der Waals surface area contributed by atoms with Crippen molar-refractivity contribution in [2.24, 2.45) is 5.41 Å². The number of hydrogen-bond donors (Lipinski definition) is 0. The quantitative estimate of drug-likeness (QED) is 0.677. The highest BCUT2D eigenvalue weighted by Crippen LogP contribution is 2.29. The third kappa shape index (κ3) is 3.12. The summed E-state index contributed by atoms with van der Waals surface area (Å²) in [7, 11) is 1.69. The van der Waals surface area contributed by atoms with Crippen molar-refractivity contribution in [1.29, 1.82) is 0 Å². The van der Waals surface area contributed by atoms with E-state index >= 15 is 0 Å². The van der Waals surface area contributed by atoms with Crippen LogP contribution in [0.15, 0.2) is 36.4 Å². The van der Waals surface area contributed by atoms with Crippen LogP contribution in [0.2, 0.25) is 0 Å². The van der Waals surface area contributed by atoms with E-state index in [1.807, 2.05) is 12.1 Å². The Labute approximate surface area is 92.8 Å². The van der Waals surface area contributed by atoms with Crippen molar-refractivity contribution in [2.75, 3.05) is 7.11 Å². The molecule has 0 bridgehead atoms. The van der Waals surface area contributed by atoms with Gasteiger partial charge in [-0.3, -0.25) is 0 Å². The molecule has 0 radical (unpaired) electrons. The minimum Gasteiger partial charge on any atom is -0.497 e. The van der Waals surface area contributed by atoms with Gasteiger partial charge in [0.05, 0.1) is 7.11 Å². The summed E-state index contributed by atoms with van der Waals surface area (Å²) in [6.45, 7) is 10.6. The lowest BCUT2D eigenvalue weighted by atomic mass is 9.80. The van der Waals surface area contributed by atoms with Gasteiger partial charge >= 0.3 is 0 Å². The van der Waals surface area contributed by atoms with Gasteiger partial charge in [0.1, 0.15) is 5.75 Å². The Bertz CT molecular complexity index is 333. The SMILES string of the molecule is C=C(C)C(C)(C)Cc1ccc(OC)cc1. The Morgan fingerprint density at radius 3 is 2.20 bits per heavy atom. The molecule has 0 N–H and O–H groups in total. The molecule has 0 saturated carbocycles. The van der Waals surface area contributed by atoms with Crippen molar-refractivity contribution in [3.8, 4) is 5.75 Å². The van der Waals surface area contributed by atoms with Gasteiger partial charge in [-0.2, -0.15) is 0 Å². The largest absolute Gasteiger partial charge is 0.497 e. The van der Waals surface area contributed by atoms with Gasteiger partial charge in [0.25, 0.3) is 0 Å². The molecule has 1 aromatic carbocycles. The van der Waals surface area contributed by atoms with Gasteiger partial charge < -0.3 is 4.74 Å². The van der Waals surface area contributed by atoms with E-state index in [1.165, 1.54) is 11.1 Å². The minimum absolute atomic E-state index is 0.161. The van der Waals surface area contributed by atoms with Crippen LogP contribution < -0.4 is 4.74 Å². The number of methoxy groups -OCH3 is 1. The zero-order valence-electron chi connectivity index (χ0n) is 10.1. The molecular formula is C14H20O. The normalized spacial score (nSPS) is 11.2. The van der Waals surface area contributed by atoms with E-state index in [9.17, 15) is 0 Å². The first kappa shape index (κ1) is 11.8. The fourth-order valence-electron chi connectivity index (χ4n) is 1.40. The highest BCUT2D eigenvalue weighted by atomic mass is 16.5. The molecule has 0 aliphatic carbocycles. The second-order valence-electron chi connectivity index (χ2n) is 4.69. The van der Waals surface area contributed by atoms with Crippen molar-refractivity contribution in [1.82, 2.24) is 0 Å². The lowest BCUT2D eigenvalue weighted by Gasteiger charge is -2.25. The lowest BCUT2D eigenvalue weighted by Crippen LogP contribution is -2.15. The Morgan fingerprint density at radius 2 is 1.80 bits per heavy atom.